The number of carbonyl (C=O) groups excluding carboxylic acids is 4. The van der Waals surface area contributed by atoms with E-state index in [-0.39, 0.29) is 23.6 Å². The van der Waals surface area contributed by atoms with Crippen LogP contribution in [0.15, 0.2) is 36.4 Å². The minimum Gasteiger partial charge on any atom is -0.618 e. The zero-order valence-corrected chi connectivity index (χ0v) is 38.6. The first kappa shape index (κ1) is 38.3. The van der Waals surface area contributed by atoms with Gasteiger partial charge in [0.25, 0.3) is 5.91 Å². The van der Waals surface area contributed by atoms with Crippen LogP contribution in [0.2, 0.25) is 0 Å². The Hall–Kier alpha value is -5.79. The van der Waals surface area contributed by atoms with Gasteiger partial charge in [0, 0.05) is 52.8 Å². The summed E-state index contributed by atoms with van der Waals surface area (Å²) in [5.41, 5.74) is -6.07. The largest absolute Gasteiger partial charge is 0.618 e. The van der Waals surface area contributed by atoms with E-state index in [1.807, 2.05) is 86.1 Å². The van der Waals surface area contributed by atoms with Crippen LogP contribution in [0.3, 0.4) is 0 Å². The van der Waals surface area contributed by atoms with Crippen LogP contribution in [0.25, 0.3) is 23.1 Å². The second-order valence-electron chi connectivity index (χ2n) is 24.2. The molecule has 2 N–H and O–H groups in total. The summed E-state index contributed by atoms with van der Waals surface area (Å²) in [6.45, 7) is 17.0. The Morgan fingerprint density at radius 2 is 1.38 bits per heavy atom. The second-order valence-corrected chi connectivity index (χ2v) is 24.2. The topological polar surface area (TPSA) is 160 Å². The molecule has 6 unspecified atom stereocenters. The van der Waals surface area contributed by atoms with Crippen LogP contribution in [0.1, 0.15) is 128 Å². The predicted octanol–water partition coefficient (Wildman–Crippen LogP) is 5.79. The van der Waals surface area contributed by atoms with Crippen molar-refractivity contribution in [3.8, 4) is 11.5 Å². The van der Waals surface area contributed by atoms with Gasteiger partial charge in [0.15, 0.2) is 5.71 Å². The number of hydrogen-bond acceptors (Lipinski definition) is 8. The summed E-state index contributed by atoms with van der Waals surface area (Å²) in [4.78, 5) is 70.5. The molecule has 340 valence electrons. The van der Waals surface area contributed by atoms with Crippen LogP contribution in [-0.2, 0) is 30.0 Å². The summed E-state index contributed by atoms with van der Waals surface area (Å²) < 4.78 is 15.5. The lowest BCUT2D eigenvalue weighted by Gasteiger charge is -2.70. The van der Waals surface area contributed by atoms with Crippen LogP contribution in [-0.4, -0.2) is 111 Å². The number of ether oxygens (including phenoxy) is 2. The number of piperazine rings is 2. The van der Waals surface area contributed by atoms with Crippen molar-refractivity contribution in [3.05, 3.63) is 69.6 Å². The van der Waals surface area contributed by atoms with Gasteiger partial charge in [0.1, 0.15) is 50.3 Å². The van der Waals surface area contributed by atoms with Gasteiger partial charge >= 0.3 is 0 Å². The van der Waals surface area contributed by atoms with Gasteiger partial charge in [-0.15, -0.1) is 0 Å². The first-order valence-electron chi connectivity index (χ1n) is 24.1. The zero-order valence-electron chi connectivity index (χ0n) is 38.6. The van der Waals surface area contributed by atoms with Gasteiger partial charge in [0.2, 0.25) is 23.4 Å². The number of benzene rings is 2. The van der Waals surface area contributed by atoms with Gasteiger partial charge in [0.05, 0.1) is 28.2 Å². The monoisotopic (exact) mass is 890 g/mol. The number of nitrogens with zero attached hydrogens (tertiary/aromatic N) is 5. The molecule has 13 heterocycles. The van der Waals surface area contributed by atoms with E-state index >= 15 is 24.4 Å². The van der Waals surface area contributed by atoms with Crippen molar-refractivity contribution in [3.63, 3.8) is 0 Å². The van der Waals surface area contributed by atoms with E-state index in [0.717, 1.165) is 4.74 Å². The fraction of sp³-hybridized carbons (Fsp3) is 0.558. The molecule has 1 aromatic heterocycles. The number of carbonyl (C=O) groups is 4. The van der Waals surface area contributed by atoms with Crippen molar-refractivity contribution in [1.29, 1.82) is 0 Å². The van der Waals surface area contributed by atoms with Crippen LogP contribution in [0.4, 0.5) is 5.69 Å². The smallest absolute Gasteiger partial charge is 0.251 e. The molecule has 9 atom stereocenters. The third-order valence-electron chi connectivity index (χ3n) is 20.0. The highest BCUT2D eigenvalue weighted by molar-refractivity contribution is 6.18. The number of nitrogens with one attached hydrogen (secondary N) is 1. The Labute approximate surface area is 381 Å². The molecule has 17 rings (SSSR count). The van der Waals surface area contributed by atoms with Gasteiger partial charge in [-0.2, -0.15) is 9.47 Å². The molecule has 4 bridgehead atoms. The first-order chi connectivity index (χ1) is 31.1. The highest BCUT2D eigenvalue weighted by atomic mass is 16.5. The maximum absolute atomic E-state index is 16.8. The summed E-state index contributed by atoms with van der Waals surface area (Å²) >= 11 is 0. The maximum Gasteiger partial charge on any atom is 0.251 e. The number of piperidine rings is 4. The van der Waals surface area contributed by atoms with Gasteiger partial charge < -0.3 is 39.9 Å². The highest BCUT2D eigenvalue weighted by Crippen LogP contribution is 2.81. The van der Waals surface area contributed by atoms with Gasteiger partial charge in [-0.25, -0.2) is 0 Å². The Morgan fingerprint density at radius 3 is 2.09 bits per heavy atom. The molecular weight excluding hydrogens is 837 g/mol. The number of hydrogen-bond donors (Lipinski definition) is 2. The van der Waals surface area contributed by atoms with E-state index < -0.39 is 73.4 Å². The molecule has 4 amide bonds. The fourth-order valence-corrected chi connectivity index (χ4v) is 18.0. The molecule has 10 fully saturated rings. The molecule has 1 saturated carbocycles. The van der Waals surface area contributed by atoms with Crippen molar-refractivity contribution < 1.29 is 38.6 Å². The lowest BCUT2D eigenvalue weighted by atomic mass is 9.39. The van der Waals surface area contributed by atoms with E-state index in [0.29, 0.717) is 113 Å². The Morgan fingerprint density at radius 1 is 0.758 bits per heavy atom. The molecule has 14 aliphatic rings. The number of rotatable bonds is 0. The third kappa shape index (κ3) is 3.39. The molecule has 12 aliphatic heterocycles. The van der Waals surface area contributed by atoms with Crippen molar-refractivity contribution in [2.75, 3.05) is 13.1 Å². The average molecular weight is 891 g/mol. The third-order valence-corrected chi connectivity index (χ3v) is 20.0. The summed E-state index contributed by atoms with van der Waals surface area (Å²) in [6, 6.07) is 6.54. The van der Waals surface area contributed by atoms with E-state index in [1.54, 1.807) is 4.90 Å². The minimum absolute atomic E-state index is 0.176. The molecule has 9 saturated heterocycles. The molecule has 3 aromatic rings. The Kier molecular flexibility index (Phi) is 6.01. The average Bonchev–Trinajstić information content (AvgIpc) is 4.05. The van der Waals surface area contributed by atoms with Crippen molar-refractivity contribution in [2.24, 2.45) is 17.3 Å². The predicted molar refractivity (Wildman–Crippen MR) is 240 cm³/mol. The lowest BCUT2D eigenvalue weighted by molar-refractivity contribution is -0.367. The van der Waals surface area contributed by atoms with Crippen LogP contribution in [0.5, 0.6) is 11.5 Å². The van der Waals surface area contributed by atoms with Crippen molar-refractivity contribution in [2.45, 2.75) is 150 Å². The van der Waals surface area contributed by atoms with Gasteiger partial charge in [-0.05, 0) is 134 Å². The summed E-state index contributed by atoms with van der Waals surface area (Å²) in [5, 5.41) is 33.8. The van der Waals surface area contributed by atoms with Crippen molar-refractivity contribution >= 4 is 58.1 Å². The molecule has 2 aliphatic carbocycles. The first-order valence-corrected chi connectivity index (χ1v) is 24.1. The van der Waals surface area contributed by atoms with Crippen LogP contribution >= 0.6 is 0 Å². The quantitative estimate of drug-likeness (QED) is 0.163. The zero-order chi connectivity index (χ0) is 45.8. The number of amides is 4. The van der Waals surface area contributed by atoms with Crippen LogP contribution < -0.4 is 14.8 Å². The van der Waals surface area contributed by atoms with E-state index in [4.69, 9.17) is 9.47 Å². The normalized spacial score (nSPS) is 40.5. The second kappa shape index (κ2) is 10.4. The molecule has 5 spiro atoms. The van der Waals surface area contributed by atoms with Gasteiger partial charge in [-0.3, -0.25) is 19.2 Å². The molecule has 2 aromatic carbocycles. The Balaban J connectivity index is 1.16. The summed E-state index contributed by atoms with van der Waals surface area (Å²) in [7, 11) is 0. The standard InChI is InChI=1S/C52H54N6O8/c1-44(2)19-15-25-29(65-44)13-11-27-33-36-50-28-12-14-30-26(16-20-45(3,4)66-30)35(28)58(64)38(50)47(7,8)31-23-48-17-9-21-54(48)42(61)51(31,53-40(48)59)39(50)56-41(60)49-18-10-22-55(49)43(62)52(36,56)32(24-49)46(5,6)37(33)57(63)34(25)27/h11-16,19-20,31-32,36,39,63H,9-10,17-18,21-24H2,1-8H3,(H,53,59)/t31?,32?,36-,39?,48-,49?,50?,51?,52+/m0/s1. The van der Waals surface area contributed by atoms with Gasteiger partial charge in [-0.1, -0.05) is 13.8 Å². The van der Waals surface area contributed by atoms with Crippen molar-refractivity contribution in [1.82, 2.24) is 24.7 Å². The lowest BCUT2D eigenvalue weighted by Crippen LogP contribution is -2.93. The number of fused-ring (bicyclic) bond motifs is 10. The van der Waals surface area contributed by atoms with E-state index in [9.17, 15) is 5.21 Å². The SMILES string of the molecule is CC1(C)C=Cc2c(ccc3c2[N+]([O-])=C2C(C)(C)C4C[C@]56CCCN5C(=O)C4(NC6=O)C4N5C(=O)C67CCCN6C(=O)[C@]56C(C7)C(C)(C)c5c(c7ccc8c(c7n5O)C=CC(C)(C)O8)[C@H]6C234)O1. The van der Waals surface area contributed by atoms with Crippen LogP contribution in [0, 0.1) is 22.5 Å². The summed E-state index contributed by atoms with van der Waals surface area (Å²) in [6.07, 6.45) is 10.8. The summed E-state index contributed by atoms with van der Waals surface area (Å²) in [5.74, 6) is -1.92. The molecule has 14 nitrogen and oxygen atoms in total. The van der Waals surface area contributed by atoms with E-state index in [2.05, 4.69) is 33.0 Å². The maximum atomic E-state index is 16.8. The number of aromatic nitrogens is 1. The van der Waals surface area contributed by atoms with E-state index in [1.165, 1.54) is 4.73 Å². The highest BCUT2D eigenvalue weighted by Gasteiger charge is 2.95. The fourth-order valence-electron chi connectivity index (χ4n) is 18.0. The molecular formula is C52H54N6O8. The minimum atomic E-state index is -1.73. The molecule has 66 heavy (non-hydrogen) atoms. The Bertz CT molecular complexity index is 3140. The molecule has 0 radical (unpaired) electrons. The molecule has 14 heteroatoms.